The standard InChI is InChI=1S/C12H13ClFN3O3S/c1-7-2-10(20-17-7)6-16-21(18,19)11-4-9(13)3-8(5-15)12(11)14/h2-4,16H,5-6,15H2,1H3. The van der Waals surface area contributed by atoms with Gasteiger partial charge in [-0.1, -0.05) is 16.8 Å². The molecule has 1 aromatic heterocycles. The zero-order valence-electron chi connectivity index (χ0n) is 11.1. The van der Waals surface area contributed by atoms with Crippen LogP contribution < -0.4 is 10.5 Å². The first kappa shape index (κ1) is 15.9. The Labute approximate surface area is 126 Å². The molecule has 9 heteroatoms. The summed E-state index contributed by atoms with van der Waals surface area (Å²) in [7, 11) is -4.09. The zero-order chi connectivity index (χ0) is 15.6. The maximum Gasteiger partial charge on any atom is 0.243 e. The van der Waals surface area contributed by atoms with Gasteiger partial charge >= 0.3 is 0 Å². The molecule has 0 spiro atoms. The molecule has 0 saturated heterocycles. The molecule has 3 N–H and O–H groups in total. The molecule has 0 aliphatic heterocycles. The molecule has 114 valence electrons. The molecule has 1 aromatic carbocycles. The van der Waals surface area contributed by atoms with Crippen LogP contribution in [0.2, 0.25) is 5.02 Å². The molecule has 0 radical (unpaired) electrons. The summed E-state index contributed by atoms with van der Waals surface area (Å²) in [5.41, 5.74) is 6.00. The van der Waals surface area contributed by atoms with E-state index in [9.17, 15) is 12.8 Å². The summed E-state index contributed by atoms with van der Waals surface area (Å²) in [6, 6.07) is 3.89. The van der Waals surface area contributed by atoms with Gasteiger partial charge in [0.15, 0.2) is 5.76 Å². The fraction of sp³-hybridized carbons (Fsp3) is 0.250. The van der Waals surface area contributed by atoms with E-state index in [1.807, 2.05) is 0 Å². The van der Waals surface area contributed by atoms with E-state index in [0.717, 1.165) is 6.07 Å². The fourth-order valence-electron chi connectivity index (χ4n) is 1.71. The Hall–Kier alpha value is -1.48. The number of aryl methyl sites for hydroxylation is 1. The van der Waals surface area contributed by atoms with Crippen molar-refractivity contribution in [3.8, 4) is 0 Å². The second-order valence-electron chi connectivity index (χ2n) is 4.34. The van der Waals surface area contributed by atoms with Gasteiger partial charge in [0, 0.05) is 23.2 Å². The molecule has 1 heterocycles. The predicted molar refractivity (Wildman–Crippen MR) is 74.6 cm³/mol. The smallest absolute Gasteiger partial charge is 0.243 e. The van der Waals surface area contributed by atoms with Crippen LogP contribution in [0.4, 0.5) is 4.39 Å². The first-order chi connectivity index (χ1) is 9.83. The predicted octanol–water partition coefficient (Wildman–Crippen LogP) is 1.71. The van der Waals surface area contributed by atoms with Crippen molar-refractivity contribution >= 4 is 21.6 Å². The summed E-state index contributed by atoms with van der Waals surface area (Å²) in [6.45, 7) is 1.40. The molecule has 0 bridgehead atoms. The van der Waals surface area contributed by atoms with Crippen molar-refractivity contribution in [3.05, 3.63) is 46.1 Å². The van der Waals surface area contributed by atoms with Gasteiger partial charge in [-0.25, -0.2) is 17.5 Å². The molecule has 21 heavy (non-hydrogen) atoms. The lowest BCUT2D eigenvalue weighted by Crippen LogP contribution is -2.24. The second kappa shape index (κ2) is 6.10. The van der Waals surface area contributed by atoms with Crippen LogP contribution in [0.3, 0.4) is 0 Å². The van der Waals surface area contributed by atoms with E-state index in [4.69, 9.17) is 21.9 Å². The molecular weight excluding hydrogens is 321 g/mol. The van der Waals surface area contributed by atoms with Gasteiger partial charge in [0.2, 0.25) is 10.0 Å². The number of nitrogens with two attached hydrogens (primary N) is 1. The average Bonchev–Trinajstić information content (AvgIpc) is 2.84. The Kier molecular flexibility index (Phi) is 4.62. The lowest BCUT2D eigenvalue weighted by atomic mass is 10.2. The van der Waals surface area contributed by atoms with E-state index in [0.29, 0.717) is 11.5 Å². The van der Waals surface area contributed by atoms with Crippen LogP contribution in [-0.2, 0) is 23.1 Å². The van der Waals surface area contributed by atoms with Gasteiger partial charge in [0.05, 0.1) is 12.2 Å². The highest BCUT2D eigenvalue weighted by Gasteiger charge is 2.22. The van der Waals surface area contributed by atoms with Crippen molar-refractivity contribution in [3.63, 3.8) is 0 Å². The third-order valence-electron chi connectivity index (χ3n) is 2.70. The minimum Gasteiger partial charge on any atom is -0.360 e. The summed E-state index contributed by atoms with van der Waals surface area (Å²) in [6.07, 6.45) is 0. The molecule has 0 aliphatic carbocycles. The van der Waals surface area contributed by atoms with Crippen molar-refractivity contribution in [2.45, 2.75) is 24.9 Å². The molecule has 0 amide bonds. The van der Waals surface area contributed by atoms with Crippen molar-refractivity contribution in [2.75, 3.05) is 0 Å². The minimum atomic E-state index is -4.09. The van der Waals surface area contributed by atoms with E-state index in [2.05, 4.69) is 9.88 Å². The number of nitrogens with zero attached hydrogens (tertiary/aromatic N) is 1. The van der Waals surface area contributed by atoms with E-state index >= 15 is 0 Å². The van der Waals surface area contributed by atoms with Crippen LogP contribution in [0.5, 0.6) is 0 Å². The fourth-order valence-corrected chi connectivity index (χ4v) is 3.15. The summed E-state index contributed by atoms with van der Waals surface area (Å²) >= 11 is 5.78. The van der Waals surface area contributed by atoms with Gasteiger partial charge in [-0.05, 0) is 19.1 Å². The molecule has 0 unspecified atom stereocenters. The highest BCUT2D eigenvalue weighted by molar-refractivity contribution is 7.89. The third-order valence-corrected chi connectivity index (χ3v) is 4.32. The van der Waals surface area contributed by atoms with Gasteiger partial charge < -0.3 is 10.3 Å². The number of hydrogen-bond donors (Lipinski definition) is 2. The highest BCUT2D eigenvalue weighted by atomic mass is 35.5. The average molecular weight is 334 g/mol. The van der Waals surface area contributed by atoms with Crippen molar-refractivity contribution in [2.24, 2.45) is 5.73 Å². The molecule has 2 rings (SSSR count). The van der Waals surface area contributed by atoms with Gasteiger partial charge in [0.1, 0.15) is 10.7 Å². The number of halogens is 2. The van der Waals surface area contributed by atoms with Gasteiger partial charge in [-0.2, -0.15) is 0 Å². The molecule has 6 nitrogen and oxygen atoms in total. The summed E-state index contributed by atoms with van der Waals surface area (Å²) < 4.78 is 45.5. The van der Waals surface area contributed by atoms with Gasteiger partial charge in [0.25, 0.3) is 0 Å². The Bertz CT molecular complexity index is 761. The minimum absolute atomic E-state index is 0.0263. The monoisotopic (exact) mass is 333 g/mol. The maximum atomic E-state index is 14.1. The lowest BCUT2D eigenvalue weighted by Gasteiger charge is -2.09. The van der Waals surface area contributed by atoms with Crippen molar-refractivity contribution < 1.29 is 17.3 Å². The van der Waals surface area contributed by atoms with Crippen molar-refractivity contribution in [1.29, 1.82) is 0 Å². The van der Waals surface area contributed by atoms with Crippen LogP contribution in [-0.4, -0.2) is 13.6 Å². The molecular formula is C12H13ClFN3O3S. The quantitative estimate of drug-likeness (QED) is 0.868. The normalized spacial score (nSPS) is 11.8. The molecule has 2 aromatic rings. The number of hydrogen-bond acceptors (Lipinski definition) is 5. The Balaban J connectivity index is 2.29. The van der Waals surface area contributed by atoms with E-state index in [1.165, 1.54) is 6.07 Å². The SMILES string of the molecule is Cc1cc(CNS(=O)(=O)c2cc(Cl)cc(CN)c2F)on1. The number of sulfonamides is 1. The summed E-state index contributed by atoms with van der Waals surface area (Å²) in [5, 5.41) is 3.72. The Morgan fingerprint density at radius 2 is 2.14 bits per heavy atom. The van der Waals surface area contributed by atoms with Crippen LogP contribution in [0.15, 0.2) is 27.6 Å². The number of nitrogens with one attached hydrogen (secondary N) is 1. The van der Waals surface area contributed by atoms with Crippen molar-refractivity contribution in [1.82, 2.24) is 9.88 Å². The van der Waals surface area contributed by atoms with E-state index in [-0.39, 0.29) is 23.7 Å². The third kappa shape index (κ3) is 3.59. The molecule has 0 atom stereocenters. The first-order valence-electron chi connectivity index (χ1n) is 5.93. The molecule has 0 fully saturated rings. The Morgan fingerprint density at radius 1 is 1.43 bits per heavy atom. The number of rotatable bonds is 5. The number of benzene rings is 1. The highest BCUT2D eigenvalue weighted by Crippen LogP contribution is 2.23. The maximum absolute atomic E-state index is 14.1. The largest absolute Gasteiger partial charge is 0.360 e. The van der Waals surface area contributed by atoms with Crippen LogP contribution >= 0.6 is 11.6 Å². The topological polar surface area (TPSA) is 98.2 Å². The summed E-state index contributed by atoms with van der Waals surface area (Å²) in [5.74, 6) is -0.597. The lowest BCUT2D eigenvalue weighted by molar-refractivity contribution is 0.376. The second-order valence-corrected chi connectivity index (χ2v) is 6.51. The zero-order valence-corrected chi connectivity index (χ0v) is 12.6. The molecule has 0 aliphatic rings. The molecule has 0 saturated carbocycles. The van der Waals surface area contributed by atoms with Crippen LogP contribution in [0.25, 0.3) is 0 Å². The van der Waals surface area contributed by atoms with Crippen LogP contribution in [0, 0.1) is 12.7 Å². The van der Waals surface area contributed by atoms with E-state index < -0.39 is 20.7 Å². The summed E-state index contributed by atoms with van der Waals surface area (Å²) in [4.78, 5) is -0.549. The number of aromatic nitrogens is 1. The Morgan fingerprint density at radius 3 is 2.71 bits per heavy atom. The van der Waals surface area contributed by atoms with Gasteiger partial charge in [-0.15, -0.1) is 0 Å². The van der Waals surface area contributed by atoms with Gasteiger partial charge in [-0.3, -0.25) is 0 Å². The first-order valence-corrected chi connectivity index (χ1v) is 7.79. The van der Waals surface area contributed by atoms with E-state index in [1.54, 1.807) is 13.0 Å². The van der Waals surface area contributed by atoms with Crippen LogP contribution in [0.1, 0.15) is 17.0 Å².